The van der Waals surface area contributed by atoms with Gasteiger partial charge in [-0.25, -0.2) is 0 Å². The maximum absolute atomic E-state index is 8.69. The Hall–Kier alpha value is -1.46. The van der Waals surface area contributed by atoms with Gasteiger partial charge in [0, 0.05) is 0 Å². The van der Waals surface area contributed by atoms with Gasteiger partial charge in [-0.1, -0.05) is 0 Å². The average molecular weight is 819 g/mol. The van der Waals surface area contributed by atoms with Crippen LogP contribution >= 0.6 is 34.1 Å². The second-order valence-corrected chi connectivity index (χ2v) is 96.7. The molecule has 8 heteroatoms. The summed E-state index contributed by atoms with van der Waals surface area (Å²) in [4.78, 5) is 0. The van der Waals surface area contributed by atoms with Crippen LogP contribution in [0, 0.1) is 0 Å². The Morgan fingerprint density at radius 3 is 1.17 bits per heavy atom. The molecule has 253 valence electrons. The van der Waals surface area contributed by atoms with Gasteiger partial charge in [-0.15, -0.1) is 0 Å². The molecular weight excluding hydrogens is 770 g/mol. The molecule has 2 aliphatic carbocycles. The van der Waals surface area contributed by atoms with Crippen molar-refractivity contribution in [2.45, 2.75) is 34.2 Å². The zero-order valence-corrected chi connectivity index (χ0v) is 36.5. The van der Waals surface area contributed by atoms with Crippen molar-refractivity contribution in [1.29, 1.82) is 0 Å². The van der Waals surface area contributed by atoms with Crippen LogP contribution in [0.4, 0.5) is 11.4 Å². The summed E-state index contributed by atoms with van der Waals surface area (Å²) >= 11 is 0. The first-order chi connectivity index (χ1) is 21.9. The zero-order valence-electron chi connectivity index (χ0n) is 29.9. The Bertz CT molecular complexity index is 1930. The minimum atomic E-state index is -7.19. The van der Waals surface area contributed by atoms with Crippen molar-refractivity contribution in [3.8, 4) is 22.3 Å². The molecule has 0 heterocycles. The number of benzene rings is 4. The summed E-state index contributed by atoms with van der Waals surface area (Å²) < 4.78 is 0.158. The summed E-state index contributed by atoms with van der Waals surface area (Å²) in [5, 5.41) is 0. The van der Waals surface area contributed by atoms with Crippen molar-refractivity contribution in [2.24, 2.45) is 0 Å². The van der Waals surface area contributed by atoms with Crippen LogP contribution in [-0.2, 0) is 10.2 Å². The Balaban J connectivity index is 1.74. The van der Waals surface area contributed by atoms with Crippen LogP contribution in [-0.4, -0.2) is 48.2 Å². The second kappa shape index (κ2) is 10.5. The van der Waals surface area contributed by atoms with Crippen LogP contribution in [0.25, 0.3) is 34.4 Å². The number of rotatable bonds is 7. The molecule has 0 saturated heterocycles. The van der Waals surface area contributed by atoms with Crippen LogP contribution in [0.5, 0.6) is 0 Å². The molecule has 48 heavy (non-hydrogen) atoms. The second-order valence-electron chi connectivity index (χ2n) is 16.8. The van der Waals surface area contributed by atoms with E-state index in [9.17, 15) is 0 Å². The Kier molecular flexibility index (Phi) is 7.99. The monoisotopic (exact) mass is 815 g/mol. The van der Waals surface area contributed by atoms with E-state index in [-0.39, 0.29) is 0 Å². The molecule has 2 unspecified atom stereocenters. The third kappa shape index (κ3) is 5.27. The Labute approximate surface area is 297 Å². The van der Waals surface area contributed by atoms with Gasteiger partial charge in [0.2, 0.25) is 0 Å². The van der Waals surface area contributed by atoms with Gasteiger partial charge in [0.15, 0.2) is 0 Å². The van der Waals surface area contributed by atoms with Crippen molar-refractivity contribution in [1.82, 2.24) is 8.97 Å². The van der Waals surface area contributed by atoms with Crippen molar-refractivity contribution < 1.29 is 10.2 Å². The molecule has 4 aromatic rings. The summed E-state index contributed by atoms with van der Waals surface area (Å²) in [7, 11) is 40.7. The molecule has 0 aromatic heterocycles. The number of nitrogens with zero attached hydrogens (tertiary/aromatic N) is 2. The predicted octanol–water partition coefficient (Wildman–Crippen LogP) is 12.4. The third-order valence-corrected chi connectivity index (χ3v) is 93.8. The van der Waals surface area contributed by atoms with Crippen molar-refractivity contribution in [3.05, 3.63) is 118 Å². The van der Waals surface area contributed by atoms with Gasteiger partial charge < -0.3 is 0 Å². The fraction of sp³-hybridized carbons (Fsp3) is 0.300. The van der Waals surface area contributed by atoms with Crippen molar-refractivity contribution in [2.75, 3.05) is 42.3 Å². The Morgan fingerprint density at radius 1 is 0.542 bits per heavy atom. The van der Waals surface area contributed by atoms with Gasteiger partial charge in [0.05, 0.1) is 0 Å². The summed E-state index contributed by atoms with van der Waals surface area (Å²) in [6.07, 6.45) is 4.51. The maximum atomic E-state index is 8.69. The third-order valence-electron chi connectivity index (χ3n) is 11.5. The van der Waals surface area contributed by atoms with Crippen LogP contribution in [0.3, 0.4) is 0 Å². The van der Waals surface area contributed by atoms with Gasteiger partial charge in [-0.05, 0) is 0 Å². The van der Waals surface area contributed by atoms with Gasteiger partial charge in [0.1, 0.15) is 0 Å². The molecule has 0 fully saturated rings. The van der Waals surface area contributed by atoms with Crippen molar-refractivity contribution in [3.63, 3.8) is 0 Å². The Morgan fingerprint density at radius 2 is 0.875 bits per heavy atom. The minimum absolute atomic E-state index is 0.545. The summed E-state index contributed by atoms with van der Waals surface area (Å²) in [6.45, 7) is 8.64. The van der Waals surface area contributed by atoms with Crippen LogP contribution in [0.15, 0.2) is 96.1 Å². The molecule has 0 N–H and O–H groups in total. The van der Waals surface area contributed by atoms with E-state index >= 15 is 0 Å². The number of hydrogen-bond donors (Lipinski definition) is 0. The standard InChI is InChI=1S/2C19H21N.C2H7Si.4ClH.Zr/c2*1-14-10-16-12-17(20(2,3)4)13-19(18(16)11-14)15-8-6-5-7-9-15;1-3-2;;;;;/h2*5-13H,1-4H3;3H,1-2H3;4*1H;/q2*+1;;;;;;+4/p-4. The van der Waals surface area contributed by atoms with E-state index in [0.29, 0.717) is 8.97 Å². The van der Waals surface area contributed by atoms with Crippen LogP contribution < -0.4 is 8.97 Å². The van der Waals surface area contributed by atoms with E-state index < -0.39 is 23.4 Å². The molecule has 6 rings (SSSR count). The zero-order chi connectivity index (χ0) is 35.4. The number of allylic oxidation sites excluding steroid dienone is 2. The first-order valence-corrected chi connectivity index (χ1v) is 39.5. The van der Waals surface area contributed by atoms with Crippen LogP contribution in [0.1, 0.15) is 43.4 Å². The van der Waals surface area contributed by atoms with E-state index in [1.165, 1.54) is 0 Å². The summed E-state index contributed by atoms with van der Waals surface area (Å²) in [5.74, 6) is -2.38. The van der Waals surface area contributed by atoms with E-state index in [2.05, 4.69) is 166 Å². The molecule has 0 amide bonds. The average Bonchev–Trinajstić information content (AvgIpc) is 3.53. The molecule has 4 aromatic carbocycles. The molecule has 2 aliphatic rings. The van der Waals surface area contributed by atoms with Crippen molar-refractivity contribution >= 4 is 63.5 Å². The van der Waals surface area contributed by atoms with Gasteiger partial charge in [0.25, 0.3) is 0 Å². The molecule has 0 bridgehead atoms. The van der Waals surface area contributed by atoms with E-state index in [1.807, 2.05) is 0 Å². The molecule has 0 spiro atoms. The predicted molar refractivity (Wildman–Crippen MR) is 218 cm³/mol. The summed E-state index contributed by atoms with van der Waals surface area (Å²) in [5.41, 5.74) is 13.2. The van der Waals surface area contributed by atoms with E-state index in [4.69, 9.17) is 34.1 Å². The topological polar surface area (TPSA) is 0 Å². The fourth-order valence-electron chi connectivity index (χ4n) is 8.60. The fourth-order valence-corrected chi connectivity index (χ4v) is 51.2. The van der Waals surface area contributed by atoms with Gasteiger partial charge in [-0.3, -0.25) is 0 Å². The number of fused-ring (bicyclic) bond motifs is 2. The first kappa shape index (κ1) is 36.3. The molecule has 2 nitrogen and oxygen atoms in total. The first-order valence-electron chi connectivity index (χ1n) is 16.8. The van der Waals surface area contributed by atoms with Gasteiger partial charge >= 0.3 is 300 Å². The number of halogens is 4. The molecule has 0 aliphatic heterocycles. The van der Waals surface area contributed by atoms with E-state index in [0.717, 1.165) is 67.0 Å². The summed E-state index contributed by atoms with van der Waals surface area (Å²) in [6, 6.07) is 30.3. The molecule has 0 radical (unpaired) electrons. The van der Waals surface area contributed by atoms with Crippen LogP contribution in [0.2, 0.25) is 13.1 Å². The molecule has 2 atom stereocenters. The molecule has 0 saturated carbocycles. The van der Waals surface area contributed by atoms with Gasteiger partial charge in [-0.2, -0.15) is 0 Å². The number of quaternary nitrogens is 2. The molecular formula is C40H49Cl4N2SiZr+2. The quantitative estimate of drug-likeness (QED) is 0.129. The SMILES string of the molecule is CC1=Cc2c(-c3ccccc3)cc([N+](C)(C)C)cc2[CH]1[Zr]([Cl])([Cl])([Cl])([Cl])([CH]1C(C)=Cc2c(-c3ccccc3)cc([N+](C)(C)C)cc21)[SiH](C)C. The van der Waals surface area contributed by atoms with E-state index in [1.54, 1.807) is 0 Å². The number of hydrogen-bond acceptors (Lipinski definition) is 0. The normalized spacial score (nSPS) is 20.3.